The highest BCUT2D eigenvalue weighted by Crippen LogP contribution is 2.12. The molecule has 0 aliphatic carbocycles. The second kappa shape index (κ2) is 5.94. The van der Waals surface area contributed by atoms with Crippen molar-refractivity contribution in [3.8, 4) is 0 Å². The van der Waals surface area contributed by atoms with Gasteiger partial charge in [0.2, 0.25) is 6.20 Å². The van der Waals surface area contributed by atoms with Crippen LogP contribution in [0.3, 0.4) is 0 Å². The fourth-order valence-electron chi connectivity index (χ4n) is 1.40. The van der Waals surface area contributed by atoms with Crippen LogP contribution < -0.4 is 0 Å². The van der Waals surface area contributed by atoms with Crippen molar-refractivity contribution >= 4 is 0 Å². The van der Waals surface area contributed by atoms with Crippen molar-refractivity contribution in [3.05, 3.63) is 43.9 Å². The van der Waals surface area contributed by atoms with E-state index >= 15 is 0 Å². The molecule has 17 heavy (non-hydrogen) atoms. The van der Waals surface area contributed by atoms with E-state index in [0.717, 1.165) is 0 Å². The van der Waals surface area contributed by atoms with Crippen molar-refractivity contribution in [3.63, 3.8) is 0 Å². The van der Waals surface area contributed by atoms with Crippen molar-refractivity contribution in [2.24, 2.45) is 0 Å². The normalized spacial score (nSPS) is 18.1. The van der Waals surface area contributed by atoms with E-state index in [1.807, 2.05) is 0 Å². The Bertz CT molecular complexity index is 371. The number of nitrogens with zero attached hydrogens (tertiary/aromatic N) is 3. The molecule has 1 fully saturated rings. The molecule has 1 aliphatic heterocycles. The first kappa shape index (κ1) is 13.1. The number of hydrogen-bond donors (Lipinski definition) is 0. The lowest BCUT2D eigenvalue weighted by Gasteiger charge is -2.24. The standard InChI is InChI=1S/C9H13N3O5/c1-8(6-11(13)14)9(12(15)16)7-10-2-4-17-5-3-10/h6-7H,2-5H2,1H3/b8-6+,9-7+. The third-order valence-corrected chi connectivity index (χ3v) is 2.25. The van der Waals surface area contributed by atoms with Gasteiger partial charge in [0, 0.05) is 13.1 Å². The summed E-state index contributed by atoms with van der Waals surface area (Å²) in [4.78, 5) is 21.5. The van der Waals surface area contributed by atoms with Crippen LogP contribution in [0, 0.1) is 20.2 Å². The van der Waals surface area contributed by atoms with Gasteiger partial charge >= 0.3 is 0 Å². The molecule has 0 spiro atoms. The molecule has 0 saturated carbocycles. The topological polar surface area (TPSA) is 98.8 Å². The smallest absolute Gasteiger partial charge is 0.294 e. The maximum absolute atomic E-state index is 10.8. The third-order valence-electron chi connectivity index (χ3n) is 2.25. The predicted molar refractivity (Wildman–Crippen MR) is 58.2 cm³/mol. The Balaban J connectivity index is 2.87. The lowest BCUT2D eigenvalue weighted by molar-refractivity contribution is -0.427. The van der Waals surface area contributed by atoms with Crippen LogP contribution in [0.25, 0.3) is 0 Å². The second-order valence-electron chi connectivity index (χ2n) is 3.52. The summed E-state index contributed by atoms with van der Waals surface area (Å²) in [6, 6.07) is 0. The van der Waals surface area contributed by atoms with E-state index in [9.17, 15) is 20.2 Å². The molecule has 1 aliphatic rings. The maximum atomic E-state index is 10.8. The SMILES string of the molecule is CC(=C\[N+](=O)[O-])/C(=C\N1CCOCC1)[N+](=O)[O-]. The Labute approximate surface area is 97.5 Å². The van der Waals surface area contributed by atoms with Crippen molar-refractivity contribution in [1.82, 2.24) is 4.90 Å². The molecule has 8 nitrogen and oxygen atoms in total. The van der Waals surface area contributed by atoms with Crippen LogP contribution in [0.4, 0.5) is 0 Å². The minimum Gasteiger partial charge on any atom is -0.378 e. The summed E-state index contributed by atoms with van der Waals surface area (Å²) in [5.74, 6) is 0. The molecule has 0 aromatic heterocycles. The van der Waals surface area contributed by atoms with Crippen molar-refractivity contribution in [2.75, 3.05) is 26.3 Å². The third kappa shape index (κ3) is 4.19. The predicted octanol–water partition coefficient (Wildman–Crippen LogP) is 0.617. The zero-order valence-corrected chi connectivity index (χ0v) is 9.37. The number of hydrogen-bond acceptors (Lipinski definition) is 6. The first-order chi connectivity index (χ1) is 8.00. The molecule has 0 N–H and O–H groups in total. The highest BCUT2D eigenvalue weighted by Gasteiger charge is 2.19. The molecule has 0 atom stereocenters. The molecular weight excluding hydrogens is 230 g/mol. The van der Waals surface area contributed by atoms with Crippen LogP contribution in [-0.4, -0.2) is 41.0 Å². The lowest BCUT2D eigenvalue weighted by Crippen LogP contribution is -2.33. The number of morpholine rings is 1. The average molecular weight is 243 g/mol. The summed E-state index contributed by atoms with van der Waals surface area (Å²) in [6.45, 7) is 3.43. The average Bonchev–Trinajstić information content (AvgIpc) is 2.25. The van der Waals surface area contributed by atoms with Gasteiger partial charge in [-0.15, -0.1) is 0 Å². The Hall–Kier alpha value is -1.96. The van der Waals surface area contributed by atoms with E-state index in [0.29, 0.717) is 32.5 Å². The minimum absolute atomic E-state index is 0.0199. The van der Waals surface area contributed by atoms with Gasteiger partial charge < -0.3 is 9.64 Å². The van der Waals surface area contributed by atoms with E-state index < -0.39 is 9.85 Å². The number of rotatable bonds is 4. The van der Waals surface area contributed by atoms with Gasteiger partial charge in [-0.05, 0) is 6.92 Å². The molecule has 94 valence electrons. The molecule has 0 amide bonds. The monoisotopic (exact) mass is 243 g/mol. The van der Waals surface area contributed by atoms with Crippen LogP contribution in [0.15, 0.2) is 23.7 Å². The van der Waals surface area contributed by atoms with Gasteiger partial charge in [0.05, 0.1) is 34.8 Å². The van der Waals surface area contributed by atoms with Gasteiger partial charge in [-0.25, -0.2) is 0 Å². The maximum Gasteiger partial charge on any atom is 0.294 e. The molecule has 1 saturated heterocycles. The Morgan fingerprint density at radius 2 is 1.88 bits per heavy atom. The van der Waals surface area contributed by atoms with E-state index in [1.165, 1.54) is 13.1 Å². The molecule has 0 bridgehead atoms. The number of nitro groups is 2. The molecular formula is C9H13N3O5. The van der Waals surface area contributed by atoms with Crippen LogP contribution in [-0.2, 0) is 4.74 Å². The summed E-state index contributed by atoms with van der Waals surface area (Å²) in [7, 11) is 0. The van der Waals surface area contributed by atoms with Gasteiger partial charge in [-0.2, -0.15) is 0 Å². The highest BCUT2D eigenvalue weighted by molar-refractivity contribution is 5.20. The molecule has 1 heterocycles. The zero-order chi connectivity index (χ0) is 12.8. The minimum atomic E-state index is -0.702. The van der Waals surface area contributed by atoms with Gasteiger partial charge in [0.15, 0.2) is 0 Å². The summed E-state index contributed by atoms with van der Waals surface area (Å²) in [5.41, 5.74) is -0.241. The second-order valence-corrected chi connectivity index (χ2v) is 3.52. The van der Waals surface area contributed by atoms with Gasteiger partial charge in [0.1, 0.15) is 0 Å². The summed E-state index contributed by atoms with van der Waals surface area (Å²) in [6.07, 6.45) is 1.97. The molecule has 0 unspecified atom stereocenters. The molecule has 0 radical (unpaired) electrons. The van der Waals surface area contributed by atoms with Crippen LogP contribution in [0.2, 0.25) is 0 Å². The quantitative estimate of drug-likeness (QED) is 0.407. The van der Waals surface area contributed by atoms with E-state index in [4.69, 9.17) is 4.74 Å². The van der Waals surface area contributed by atoms with Crippen molar-refractivity contribution < 1.29 is 14.6 Å². The van der Waals surface area contributed by atoms with Gasteiger partial charge in [-0.3, -0.25) is 20.2 Å². The largest absolute Gasteiger partial charge is 0.378 e. The van der Waals surface area contributed by atoms with Crippen molar-refractivity contribution in [2.45, 2.75) is 6.92 Å². The van der Waals surface area contributed by atoms with Crippen LogP contribution in [0.1, 0.15) is 6.92 Å². The molecule has 0 aromatic rings. The zero-order valence-electron chi connectivity index (χ0n) is 9.37. The van der Waals surface area contributed by atoms with Crippen LogP contribution >= 0.6 is 0 Å². The molecule has 0 aromatic carbocycles. The van der Waals surface area contributed by atoms with Gasteiger partial charge in [-0.1, -0.05) is 0 Å². The molecule has 8 heteroatoms. The summed E-state index contributed by atoms with van der Waals surface area (Å²) in [5, 5.41) is 21.1. The Kier molecular flexibility index (Phi) is 4.58. The van der Waals surface area contributed by atoms with E-state index in [1.54, 1.807) is 4.90 Å². The highest BCUT2D eigenvalue weighted by atomic mass is 16.6. The Morgan fingerprint density at radius 1 is 1.29 bits per heavy atom. The lowest BCUT2D eigenvalue weighted by atomic mass is 10.2. The fourth-order valence-corrected chi connectivity index (χ4v) is 1.40. The van der Waals surface area contributed by atoms with Crippen molar-refractivity contribution in [1.29, 1.82) is 0 Å². The first-order valence-corrected chi connectivity index (χ1v) is 5.01. The number of allylic oxidation sites excluding steroid dienone is 1. The van der Waals surface area contributed by atoms with E-state index in [2.05, 4.69) is 0 Å². The van der Waals surface area contributed by atoms with Gasteiger partial charge in [0.25, 0.3) is 5.70 Å². The number of ether oxygens (including phenoxy) is 1. The first-order valence-electron chi connectivity index (χ1n) is 5.01. The van der Waals surface area contributed by atoms with Crippen LogP contribution in [0.5, 0.6) is 0 Å². The Morgan fingerprint density at radius 3 is 2.35 bits per heavy atom. The van der Waals surface area contributed by atoms with E-state index in [-0.39, 0.29) is 11.3 Å². The summed E-state index contributed by atoms with van der Waals surface area (Å²) >= 11 is 0. The molecule has 1 rings (SSSR count). The fraction of sp³-hybridized carbons (Fsp3) is 0.556. The summed E-state index contributed by atoms with van der Waals surface area (Å²) < 4.78 is 5.10.